The molecule has 2 aromatic rings. The Labute approximate surface area is 87.9 Å². The molecule has 0 N–H and O–H groups in total. The number of aryl methyl sites for hydroxylation is 1. The van der Waals surface area contributed by atoms with Crippen molar-refractivity contribution in [2.24, 2.45) is 0 Å². The number of hydrogen-bond acceptors (Lipinski definition) is 3. The van der Waals surface area contributed by atoms with Crippen LogP contribution < -0.4 is 10.5 Å². The molecule has 0 aliphatic rings. The van der Waals surface area contributed by atoms with Crippen LogP contribution in [0.1, 0.15) is 5.56 Å². The Kier molecular flexibility index (Phi) is 2.23. The number of fused-ring (bicyclic) bond motifs is 1. The van der Waals surface area contributed by atoms with Crippen molar-refractivity contribution in [1.29, 1.82) is 0 Å². The van der Waals surface area contributed by atoms with Crippen LogP contribution in [0.15, 0.2) is 33.5 Å². The van der Waals surface area contributed by atoms with Gasteiger partial charge in [0.15, 0.2) is 0 Å². The van der Waals surface area contributed by atoms with Gasteiger partial charge in [0.2, 0.25) is 0 Å². The second-order valence-electron chi connectivity index (χ2n) is 3.82. The fourth-order valence-electron chi connectivity index (χ4n) is 1.60. The molecule has 2 rings (SSSR count). The first-order chi connectivity index (χ1) is 7.08. The lowest BCUT2D eigenvalue weighted by Gasteiger charge is -2.13. The molecule has 3 nitrogen and oxygen atoms in total. The molecule has 0 aliphatic carbocycles. The molecule has 1 aromatic carbocycles. The molecule has 0 saturated heterocycles. The van der Waals surface area contributed by atoms with Crippen molar-refractivity contribution < 1.29 is 4.42 Å². The third-order valence-electron chi connectivity index (χ3n) is 2.45. The Morgan fingerprint density at radius 1 is 1.20 bits per heavy atom. The maximum atomic E-state index is 11.1. The summed E-state index contributed by atoms with van der Waals surface area (Å²) < 4.78 is 5.15. The summed E-state index contributed by atoms with van der Waals surface area (Å²) >= 11 is 0. The summed E-state index contributed by atoms with van der Waals surface area (Å²) in [6, 6.07) is 7.20. The van der Waals surface area contributed by atoms with E-state index in [9.17, 15) is 4.79 Å². The SMILES string of the molecule is Cc1cc(N(C)C)cc2oc(=O)ccc12. The van der Waals surface area contributed by atoms with E-state index in [2.05, 4.69) is 6.07 Å². The molecule has 0 atom stereocenters. The van der Waals surface area contributed by atoms with Gasteiger partial charge in [-0.2, -0.15) is 0 Å². The van der Waals surface area contributed by atoms with E-state index in [4.69, 9.17) is 4.42 Å². The zero-order valence-electron chi connectivity index (χ0n) is 9.07. The Balaban J connectivity index is 2.79. The number of rotatable bonds is 1. The molecule has 0 amide bonds. The highest BCUT2D eigenvalue weighted by atomic mass is 16.4. The van der Waals surface area contributed by atoms with Crippen LogP contribution in [-0.4, -0.2) is 14.1 Å². The lowest BCUT2D eigenvalue weighted by atomic mass is 10.1. The second kappa shape index (κ2) is 3.42. The van der Waals surface area contributed by atoms with Crippen LogP contribution in [0.3, 0.4) is 0 Å². The molecule has 0 spiro atoms. The molecule has 0 fully saturated rings. The van der Waals surface area contributed by atoms with Crippen molar-refractivity contribution >= 4 is 16.7 Å². The van der Waals surface area contributed by atoms with Crippen molar-refractivity contribution in [1.82, 2.24) is 0 Å². The highest BCUT2D eigenvalue weighted by Gasteiger charge is 2.04. The van der Waals surface area contributed by atoms with Crippen molar-refractivity contribution in [3.63, 3.8) is 0 Å². The normalized spacial score (nSPS) is 10.6. The van der Waals surface area contributed by atoms with E-state index in [0.29, 0.717) is 5.58 Å². The van der Waals surface area contributed by atoms with Gasteiger partial charge in [-0.1, -0.05) is 0 Å². The minimum absolute atomic E-state index is 0.308. The molecule has 0 unspecified atom stereocenters. The van der Waals surface area contributed by atoms with Crippen molar-refractivity contribution in [3.8, 4) is 0 Å². The van der Waals surface area contributed by atoms with Gasteiger partial charge in [0, 0.05) is 37.3 Å². The molecular weight excluding hydrogens is 190 g/mol. The average molecular weight is 203 g/mol. The predicted molar refractivity (Wildman–Crippen MR) is 61.5 cm³/mol. The highest BCUT2D eigenvalue weighted by molar-refractivity contribution is 5.83. The van der Waals surface area contributed by atoms with E-state index in [0.717, 1.165) is 16.6 Å². The molecule has 0 saturated carbocycles. The van der Waals surface area contributed by atoms with Crippen LogP contribution in [0.2, 0.25) is 0 Å². The van der Waals surface area contributed by atoms with Crippen LogP contribution >= 0.6 is 0 Å². The summed E-state index contributed by atoms with van der Waals surface area (Å²) in [6.07, 6.45) is 0. The topological polar surface area (TPSA) is 33.5 Å². The Hall–Kier alpha value is -1.77. The number of hydrogen-bond donors (Lipinski definition) is 0. The van der Waals surface area contributed by atoms with Gasteiger partial charge in [0.1, 0.15) is 5.58 Å². The maximum Gasteiger partial charge on any atom is 0.336 e. The summed E-state index contributed by atoms with van der Waals surface area (Å²) in [5.74, 6) is 0. The molecule has 0 aliphatic heterocycles. The van der Waals surface area contributed by atoms with Crippen LogP contribution in [-0.2, 0) is 0 Å². The Morgan fingerprint density at radius 2 is 1.93 bits per heavy atom. The van der Waals surface area contributed by atoms with E-state index < -0.39 is 0 Å². The number of benzene rings is 1. The van der Waals surface area contributed by atoms with Crippen molar-refractivity contribution in [2.45, 2.75) is 6.92 Å². The maximum absolute atomic E-state index is 11.1. The third kappa shape index (κ3) is 1.73. The van der Waals surface area contributed by atoms with Gasteiger partial charge in [-0.05, 0) is 24.6 Å². The van der Waals surface area contributed by atoms with Gasteiger partial charge in [0.25, 0.3) is 0 Å². The predicted octanol–water partition coefficient (Wildman–Crippen LogP) is 2.17. The van der Waals surface area contributed by atoms with Crippen LogP contribution in [0, 0.1) is 6.92 Å². The summed E-state index contributed by atoms with van der Waals surface area (Å²) in [4.78, 5) is 13.1. The number of anilines is 1. The first kappa shape index (κ1) is 9.77. The van der Waals surface area contributed by atoms with Gasteiger partial charge in [-0.25, -0.2) is 4.79 Å². The van der Waals surface area contributed by atoms with Gasteiger partial charge in [0.05, 0.1) is 0 Å². The van der Waals surface area contributed by atoms with Gasteiger partial charge >= 0.3 is 5.63 Å². The highest BCUT2D eigenvalue weighted by Crippen LogP contribution is 2.23. The first-order valence-corrected chi connectivity index (χ1v) is 4.80. The summed E-state index contributed by atoms with van der Waals surface area (Å²) in [5.41, 5.74) is 2.48. The zero-order valence-corrected chi connectivity index (χ0v) is 9.07. The molecule has 0 radical (unpaired) electrons. The fraction of sp³-hybridized carbons (Fsp3) is 0.250. The monoisotopic (exact) mass is 203 g/mol. The minimum atomic E-state index is -0.308. The first-order valence-electron chi connectivity index (χ1n) is 4.80. The molecule has 3 heteroatoms. The van der Waals surface area contributed by atoms with E-state index in [1.165, 1.54) is 6.07 Å². The smallest absolute Gasteiger partial charge is 0.336 e. The van der Waals surface area contributed by atoms with Crippen molar-refractivity contribution in [3.05, 3.63) is 40.2 Å². The Bertz CT molecular complexity index is 555. The van der Waals surface area contributed by atoms with Crippen LogP contribution in [0.5, 0.6) is 0 Å². The molecule has 78 valence electrons. The fourth-order valence-corrected chi connectivity index (χ4v) is 1.60. The van der Waals surface area contributed by atoms with E-state index in [-0.39, 0.29) is 5.63 Å². The minimum Gasteiger partial charge on any atom is -0.423 e. The zero-order chi connectivity index (χ0) is 11.0. The molecule has 15 heavy (non-hydrogen) atoms. The standard InChI is InChI=1S/C12H13NO2/c1-8-6-9(13(2)3)7-11-10(8)4-5-12(14)15-11/h4-7H,1-3H3. The van der Waals surface area contributed by atoms with Gasteiger partial charge in [-0.3, -0.25) is 0 Å². The van der Waals surface area contributed by atoms with E-state index >= 15 is 0 Å². The average Bonchev–Trinajstić information content (AvgIpc) is 2.16. The van der Waals surface area contributed by atoms with Crippen LogP contribution in [0.4, 0.5) is 5.69 Å². The Morgan fingerprint density at radius 3 is 2.60 bits per heavy atom. The summed E-state index contributed by atoms with van der Waals surface area (Å²) in [7, 11) is 3.92. The van der Waals surface area contributed by atoms with Crippen molar-refractivity contribution in [2.75, 3.05) is 19.0 Å². The lowest BCUT2D eigenvalue weighted by Crippen LogP contribution is -2.09. The largest absolute Gasteiger partial charge is 0.423 e. The van der Waals surface area contributed by atoms with Crippen LogP contribution in [0.25, 0.3) is 11.0 Å². The molecular formula is C12H13NO2. The van der Waals surface area contributed by atoms with Gasteiger partial charge in [-0.15, -0.1) is 0 Å². The van der Waals surface area contributed by atoms with E-state index in [1.807, 2.05) is 32.0 Å². The summed E-state index contributed by atoms with van der Waals surface area (Å²) in [6.45, 7) is 2.01. The second-order valence-corrected chi connectivity index (χ2v) is 3.82. The molecule has 1 heterocycles. The quantitative estimate of drug-likeness (QED) is 0.666. The molecule has 0 bridgehead atoms. The number of nitrogens with zero attached hydrogens (tertiary/aromatic N) is 1. The van der Waals surface area contributed by atoms with E-state index in [1.54, 1.807) is 6.07 Å². The third-order valence-corrected chi connectivity index (χ3v) is 2.45. The summed E-state index contributed by atoms with van der Waals surface area (Å²) in [5, 5.41) is 0.986. The lowest BCUT2D eigenvalue weighted by molar-refractivity contribution is 0.561. The molecule has 1 aromatic heterocycles. The van der Waals surface area contributed by atoms with Gasteiger partial charge < -0.3 is 9.32 Å².